The van der Waals surface area contributed by atoms with Crippen LogP contribution in [0.4, 0.5) is 0 Å². The Bertz CT molecular complexity index is 296. The summed E-state index contributed by atoms with van der Waals surface area (Å²) in [6.07, 6.45) is 4.60. The third-order valence-corrected chi connectivity index (χ3v) is 3.34. The summed E-state index contributed by atoms with van der Waals surface area (Å²) in [4.78, 5) is 10.9. The molecule has 0 aromatic carbocycles. The van der Waals surface area contributed by atoms with E-state index in [0.29, 0.717) is 6.42 Å². The molecular weight excluding hydrogens is 244 g/mol. The van der Waals surface area contributed by atoms with Crippen LogP contribution in [0.15, 0.2) is 0 Å². The van der Waals surface area contributed by atoms with E-state index in [1.54, 1.807) is 0 Å². The van der Waals surface area contributed by atoms with Crippen LogP contribution in [0.25, 0.3) is 0 Å². The summed E-state index contributed by atoms with van der Waals surface area (Å²) in [6.45, 7) is 6.50. The smallest absolute Gasteiger partial charge is 0.305 e. The number of esters is 1. The standard InChI is InChI=1S/C14H26O3Si/c1-17-14(16)10-8-6-5-7-9-13(15)11-12-18(2,3)4/h13,15H,5-10H2,1-4H3. The number of carbonyl (C=O) groups is 1. The second kappa shape index (κ2) is 9.18. The van der Waals surface area contributed by atoms with Crippen LogP contribution in [0.1, 0.15) is 38.5 Å². The second-order valence-corrected chi connectivity index (χ2v) is 10.3. The predicted molar refractivity (Wildman–Crippen MR) is 76.8 cm³/mol. The molecule has 0 heterocycles. The SMILES string of the molecule is COC(=O)CCCCCCC(O)C#C[Si](C)(C)C. The molecule has 0 saturated carbocycles. The number of methoxy groups -OCH3 is 1. The molecule has 0 amide bonds. The van der Waals surface area contributed by atoms with Crippen LogP contribution in [0, 0.1) is 11.5 Å². The summed E-state index contributed by atoms with van der Waals surface area (Å²) in [7, 11) is 0.0431. The van der Waals surface area contributed by atoms with E-state index in [1.165, 1.54) is 7.11 Å². The summed E-state index contributed by atoms with van der Waals surface area (Å²) in [5.41, 5.74) is 3.17. The molecule has 0 fully saturated rings. The highest BCUT2D eigenvalue weighted by molar-refractivity contribution is 6.83. The van der Waals surface area contributed by atoms with Crippen LogP contribution in [-0.2, 0) is 9.53 Å². The van der Waals surface area contributed by atoms with Crippen LogP contribution in [0.5, 0.6) is 0 Å². The van der Waals surface area contributed by atoms with Gasteiger partial charge in [-0.25, -0.2) is 0 Å². The van der Waals surface area contributed by atoms with Gasteiger partial charge in [-0.3, -0.25) is 4.79 Å². The molecule has 18 heavy (non-hydrogen) atoms. The van der Waals surface area contributed by atoms with E-state index in [1.807, 2.05) is 0 Å². The fourth-order valence-corrected chi connectivity index (χ4v) is 2.03. The summed E-state index contributed by atoms with van der Waals surface area (Å²) in [6, 6.07) is 0. The molecule has 0 aliphatic carbocycles. The van der Waals surface area contributed by atoms with E-state index in [4.69, 9.17) is 0 Å². The number of hydrogen-bond donors (Lipinski definition) is 1. The Morgan fingerprint density at radius 2 is 1.83 bits per heavy atom. The summed E-state index contributed by atoms with van der Waals surface area (Å²) < 4.78 is 4.57. The highest BCUT2D eigenvalue weighted by Gasteiger charge is 2.08. The molecule has 0 aromatic heterocycles. The molecular formula is C14H26O3Si. The van der Waals surface area contributed by atoms with Crippen molar-refractivity contribution in [3.8, 4) is 11.5 Å². The topological polar surface area (TPSA) is 46.5 Å². The van der Waals surface area contributed by atoms with E-state index < -0.39 is 14.2 Å². The molecule has 0 aliphatic rings. The maximum atomic E-state index is 10.9. The van der Waals surface area contributed by atoms with Crippen LogP contribution in [-0.4, -0.2) is 32.4 Å². The fourth-order valence-electron chi connectivity index (χ4n) is 1.43. The van der Waals surface area contributed by atoms with Gasteiger partial charge in [0, 0.05) is 6.42 Å². The number of carbonyl (C=O) groups excluding carboxylic acids is 1. The van der Waals surface area contributed by atoms with Crippen molar-refractivity contribution in [1.29, 1.82) is 0 Å². The summed E-state index contributed by atoms with van der Waals surface area (Å²) in [5, 5.41) is 9.67. The first-order valence-electron chi connectivity index (χ1n) is 6.63. The maximum Gasteiger partial charge on any atom is 0.305 e. The van der Waals surface area contributed by atoms with Crippen molar-refractivity contribution < 1.29 is 14.6 Å². The van der Waals surface area contributed by atoms with Gasteiger partial charge in [0.1, 0.15) is 14.2 Å². The second-order valence-electron chi connectivity index (χ2n) is 5.56. The third kappa shape index (κ3) is 11.7. The Kier molecular flexibility index (Phi) is 8.77. The van der Waals surface area contributed by atoms with Gasteiger partial charge in [-0.1, -0.05) is 38.4 Å². The number of ether oxygens (including phenoxy) is 1. The molecule has 0 saturated heterocycles. The van der Waals surface area contributed by atoms with E-state index >= 15 is 0 Å². The molecule has 1 unspecified atom stereocenters. The lowest BCUT2D eigenvalue weighted by molar-refractivity contribution is -0.140. The summed E-state index contributed by atoms with van der Waals surface area (Å²) >= 11 is 0. The Labute approximate surface area is 112 Å². The van der Waals surface area contributed by atoms with Crippen molar-refractivity contribution in [1.82, 2.24) is 0 Å². The quantitative estimate of drug-likeness (QED) is 0.335. The number of aliphatic hydroxyl groups is 1. The zero-order valence-electron chi connectivity index (χ0n) is 12.1. The van der Waals surface area contributed by atoms with Crippen molar-refractivity contribution >= 4 is 14.0 Å². The van der Waals surface area contributed by atoms with Crippen molar-refractivity contribution in [3.63, 3.8) is 0 Å². The van der Waals surface area contributed by atoms with Gasteiger partial charge >= 0.3 is 5.97 Å². The Balaban J connectivity index is 3.54. The average Bonchev–Trinajstić information content (AvgIpc) is 2.29. The molecule has 1 atom stereocenters. The maximum absolute atomic E-state index is 10.9. The van der Waals surface area contributed by atoms with Gasteiger partial charge in [-0.05, 0) is 19.3 Å². The van der Waals surface area contributed by atoms with Crippen molar-refractivity contribution in [2.24, 2.45) is 0 Å². The van der Waals surface area contributed by atoms with Crippen LogP contribution in [0.2, 0.25) is 19.6 Å². The van der Waals surface area contributed by atoms with E-state index in [-0.39, 0.29) is 5.97 Å². The fraction of sp³-hybridized carbons (Fsp3) is 0.786. The highest BCUT2D eigenvalue weighted by Crippen LogP contribution is 2.08. The minimum absolute atomic E-state index is 0.143. The number of hydrogen-bond acceptors (Lipinski definition) is 3. The Hall–Kier alpha value is -0.793. The molecule has 4 heteroatoms. The van der Waals surface area contributed by atoms with Gasteiger partial charge < -0.3 is 9.84 Å². The van der Waals surface area contributed by atoms with Crippen molar-refractivity contribution in [3.05, 3.63) is 0 Å². The van der Waals surface area contributed by atoms with E-state index in [0.717, 1.165) is 32.1 Å². The molecule has 0 spiro atoms. The van der Waals surface area contributed by atoms with Gasteiger partial charge in [0.05, 0.1) is 7.11 Å². The van der Waals surface area contributed by atoms with Gasteiger partial charge in [0.25, 0.3) is 0 Å². The first-order valence-corrected chi connectivity index (χ1v) is 10.1. The lowest BCUT2D eigenvalue weighted by atomic mass is 10.1. The van der Waals surface area contributed by atoms with Crippen LogP contribution in [0.3, 0.4) is 0 Å². The van der Waals surface area contributed by atoms with Gasteiger partial charge in [0.2, 0.25) is 0 Å². The number of rotatable bonds is 7. The first kappa shape index (κ1) is 17.2. The van der Waals surface area contributed by atoms with Gasteiger partial charge in [-0.2, -0.15) is 0 Å². The zero-order chi connectivity index (χ0) is 14.0. The summed E-state index contributed by atoms with van der Waals surface area (Å²) in [5.74, 6) is 2.79. The van der Waals surface area contributed by atoms with Gasteiger partial charge in [0.15, 0.2) is 0 Å². The van der Waals surface area contributed by atoms with Gasteiger partial charge in [-0.15, -0.1) is 5.54 Å². The molecule has 0 bridgehead atoms. The van der Waals surface area contributed by atoms with Crippen molar-refractivity contribution in [2.75, 3.05) is 7.11 Å². The Morgan fingerprint density at radius 3 is 2.39 bits per heavy atom. The number of unbranched alkanes of at least 4 members (excludes halogenated alkanes) is 3. The highest BCUT2D eigenvalue weighted by atomic mass is 28.3. The van der Waals surface area contributed by atoms with Crippen LogP contribution >= 0.6 is 0 Å². The van der Waals surface area contributed by atoms with E-state index in [9.17, 15) is 9.90 Å². The molecule has 0 radical (unpaired) electrons. The molecule has 0 aromatic rings. The Morgan fingerprint density at radius 1 is 1.22 bits per heavy atom. The molecule has 104 valence electrons. The lowest BCUT2D eigenvalue weighted by Crippen LogP contribution is -2.17. The molecule has 0 rings (SSSR count). The zero-order valence-corrected chi connectivity index (χ0v) is 13.1. The lowest BCUT2D eigenvalue weighted by Gasteiger charge is -2.06. The molecule has 3 nitrogen and oxygen atoms in total. The normalized spacial score (nSPS) is 12.5. The monoisotopic (exact) mass is 270 g/mol. The minimum atomic E-state index is -1.37. The minimum Gasteiger partial charge on any atom is -0.469 e. The largest absolute Gasteiger partial charge is 0.469 e. The van der Waals surface area contributed by atoms with E-state index in [2.05, 4.69) is 35.8 Å². The average molecular weight is 270 g/mol. The predicted octanol–water partition coefficient (Wildman–Crippen LogP) is 2.74. The van der Waals surface area contributed by atoms with Crippen LogP contribution < -0.4 is 0 Å². The van der Waals surface area contributed by atoms with Crippen molar-refractivity contribution in [2.45, 2.75) is 64.3 Å². The molecule has 1 N–H and O–H groups in total. The first-order chi connectivity index (χ1) is 8.35. The number of aliphatic hydroxyl groups excluding tert-OH is 1. The third-order valence-electron chi connectivity index (χ3n) is 2.45. The molecule has 0 aliphatic heterocycles.